The predicted molar refractivity (Wildman–Crippen MR) is 103 cm³/mol. The lowest BCUT2D eigenvalue weighted by Crippen LogP contribution is -2.52. The largest absolute Gasteiger partial charge is 0.479 e. The number of carbonyl (C=O) groups is 4. The Morgan fingerprint density at radius 2 is 2.07 bits per heavy atom. The molecular weight excluding hydrogens is 376 g/mol. The molecule has 1 saturated heterocycles. The molecule has 156 valence electrons. The van der Waals surface area contributed by atoms with Crippen molar-refractivity contribution in [3.05, 3.63) is 29.3 Å². The number of carbonyl (C=O) groups excluding carboxylic acids is 3. The molecule has 2 aliphatic heterocycles. The molecule has 1 aromatic rings. The molecule has 2 aliphatic rings. The second-order valence-corrected chi connectivity index (χ2v) is 7.48. The molecule has 3 amide bonds. The molecule has 2 heterocycles. The van der Waals surface area contributed by atoms with Crippen molar-refractivity contribution in [1.82, 2.24) is 10.2 Å². The number of hydrogen-bond acceptors (Lipinski definition) is 5. The summed E-state index contributed by atoms with van der Waals surface area (Å²) in [6.45, 7) is 2.24. The maximum absolute atomic E-state index is 12.8. The normalized spacial score (nSPS) is 19.7. The Labute approximate surface area is 169 Å². The zero-order valence-electron chi connectivity index (χ0n) is 16.5. The molecule has 3 rings (SSSR count). The van der Waals surface area contributed by atoms with Gasteiger partial charge in [0.25, 0.3) is 5.91 Å². The van der Waals surface area contributed by atoms with E-state index in [-0.39, 0.29) is 31.2 Å². The van der Waals surface area contributed by atoms with Crippen molar-refractivity contribution in [1.29, 1.82) is 0 Å². The van der Waals surface area contributed by atoms with Gasteiger partial charge in [-0.25, -0.2) is 4.79 Å². The van der Waals surface area contributed by atoms with Gasteiger partial charge in [-0.05, 0) is 31.4 Å². The number of nitrogens with one attached hydrogen (secondary N) is 1. The molecule has 2 unspecified atom stereocenters. The first kappa shape index (κ1) is 20.8. The van der Waals surface area contributed by atoms with E-state index in [4.69, 9.17) is 4.74 Å². The number of benzene rings is 1. The Bertz CT molecular complexity index is 821. The fourth-order valence-corrected chi connectivity index (χ4v) is 3.81. The third-order valence-corrected chi connectivity index (χ3v) is 5.40. The highest BCUT2D eigenvalue weighted by Crippen LogP contribution is 2.34. The lowest BCUT2D eigenvalue weighted by atomic mass is 10.0. The van der Waals surface area contributed by atoms with E-state index in [9.17, 15) is 24.3 Å². The van der Waals surface area contributed by atoms with Gasteiger partial charge in [0.2, 0.25) is 11.8 Å². The van der Waals surface area contributed by atoms with Crippen LogP contribution in [-0.2, 0) is 20.9 Å². The van der Waals surface area contributed by atoms with Gasteiger partial charge in [0, 0.05) is 17.5 Å². The van der Waals surface area contributed by atoms with Crippen LogP contribution in [0.2, 0.25) is 0 Å². The monoisotopic (exact) mass is 402 g/mol. The molecule has 8 heteroatoms. The van der Waals surface area contributed by atoms with E-state index in [1.165, 1.54) is 4.90 Å². The van der Waals surface area contributed by atoms with Gasteiger partial charge in [-0.1, -0.05) is 32.3 Å². The third-order valence-electron chi connectivity index (χ3n) is 5.40. The van der Waals surface area contributed by atoms with E-state index in [2.05, 4.69) is 12.2 Å². The summed E-state index contributed by atoms with van der Waals surface area (Å²) < 4.78 is 5.79. The van der Waals surface area contributed by atoms with E-state index in [1.54, 1.807) is 18.2 Å². The number of imide groups is 1. The predicted octanol–water partition coefficient (Wildman–Crippen LogP) is 2.25. The van der Waals surface area contributed by atoms with Crippen molar-refractivity contribution in [3.8, 4) is 5.75 Å². The number of fused-ring (bicyclic) bond motifs is 1. The van der Waals surface area contributed by atoms with Crippen molar-refractivity contribution < 1.29 is 29.0 Å². The van der Waals surface area contributed by atoms with Gasteiger partial charge in [-0.3, -0.25) is 19.7 Å². The standard InChI is InChI=1S/C21H26N2O6/c1-2-3-4-5-8-17(21(27)28)29-16-9-6-7-13-14(16)12-23(20(13)26)15-10-11-18(24)22-19(15)25/h6-7,9,15,17H,2-5,8,10-12H2,1H3,(H,27,28)(H,22,24,25). The Morgan fingerprint density at radius 1 is 1.28 bits per heavy atom. The van der Waals surface area contributed by atoms with Gasteiger partial charge in [0.05, 0.1) is 6.54 Å². The summed E-state index contributed by atoms with van der Waals surface area (Å²) in [5.41, 5.74) is 0.990. The van der Waals surface area contributed by atoms with Crippen molar-refractivity contribution in [2.45, 2.75) is 70.6 Å². The highest BCUT2D eigenvalue weighted by atomic mass is 16.5. The van der Waals surface area contributed by atoms with Crippen LogP contribution >= 0.6 is 0 Å². The minimum Gasteiger partial charge on any atom is -0.479 e. The maximum atomic E-state index is 12.8. The van der Waals surface area contributed by atoms with Crippen LogP contribution in [0.1, 0.15) is 67.8 Å². The number of piperidine rings is 1. The number of carboxylic acid groups (broad SMARTS) is 1. The summed E-state index contributed by atoms with van der Waals surface area (Å²) in [6, 6.07) is 4.23. The van der Waals surface area contributed by atoms with Crippen LogP contribution in [-0.4, -0.2) is 45.8 Å². The lowest BCUT2D eigenvalue weighted by Gasteiger charge is -2.29. The molecule has 29 heavy (non-hydrogen) atoms. The Kier molecular flexibility index (Phi) is 6.51. The number of unbranched alkanes of at least 4 members (excludes halogenated alkanes) is 3. The second kappa shape index (κ2) is 9.07. The number of ether oxygens (including phenoxy) is 1. The fourth-order valence-electron chi connectivity index (χ4n) is 3.81. The van der Waals surface area contributed by atoms with Crippen molar-refractivity contribution in [2.24, 2.45) is 0 Å². The van der Waals surface area contributed by atoms with Gasteiger partial charge in [-0.2, -0.15) is 0 Å². The first-order valence-electron chi connectivity index (χ1n) is 10.1. The first-order chi connectivity index (χ1) is 13.9. The Hall–Kier alpha value is -2.90. The van der Waals surface area contributed by atoms with E-state index < -0.39 is 24.0 Å². The van der Waals surface area contributed by atoms with Gasteiger partial charge in [-0.15, -0.1) is 0 Å². The van der Waals surface area contributed by atoms with Gasteiger partial charge in [0.15, 0.2) is 6.10 Å². The molecule has 1 fully saturated rings. The van der Waals surface area contributed by atoms with E-state index in [0.29, 0.717) is 23.3 Å². The summed E-state index contributed by atoms with van der Waals surface area (Å²) in [5, 5.41) is 11.8. The average Bonchev–Trinajstić information content (AvgIpc) is 3.01. The molecule has 2 atom stereocenters. The molecule has 0 aromatic heterocycles. The van der Waals surface area contributed by atoms with Crippen molar-refractivity contribution in [2.75, 3.05) is 0 Å². The minimum atomic E-state index is -1.04. The quantitative estimate of drug-likeness (QED) is 0.484. The summed E-state index contributed by atoms with van der Waals surface area (Å²) >= 11 is 0. The molecule has 2 N–H and O–H groups in total. The van der Waals surface area contributed by atoms with Gasteiger partial charge in [0.1, 0.15) is 11.8 Å². The number of amides is 3. The highest BCUT2D eigenvalue weighted by molar-refractivity contribution is 6.05. The van der Waals surface area contributed by atoms with Crippen LogP contribution in [0.15, 0.2) is 18.2 Å². The number of nitrogens with zero attached hydrogens (tertiary/aromatic N) is 1. The summed E-state index contributed by atoms with van der Waals surface area (Å²) in [7, 11) is 0. The minimum absolute atomic E-state index is 0.152. The Balaban J connectivity index is 1.75. The Morgan fingerprint density at radius 3 is 2.76 bits per heavy atom. The lowest BCUT2D eigenvalue weighted by molar-refractivity contribution is -0.145. The SMILES string of the molecule is CCCCCCC(Oc1cccc2c1CN(C1CCC(=O)NC1=O)C2=O)C(=O)O. The van der Waals surface area contributed by atoms with E-state index in [1.807, 2.05) is 0 Å². The number of carboxylic acids is 1. The van der Waals surface area contributed by atoms with Crippen molar-refractivity contribution in [3.63, 3.8) is 0 Å². The van der Waals surface area contributed by atoms with Crippen LogP contribution in [0.25, 0.3) is 0 Å². The molecular formula is C21H26N2O6. The van der Waals surface area contributed by atoms with Crippen LogP contribution in [0, 0.1) is 0 Å². The van der Waals surface area contributed by atoms with Gasteiger partial charge < -0.3 is 14.7 Å². The molecule has 8 nitrogen and oxygen atoms in total. The van der Waals surface area contributed by atoms with E-state index >= 15 is 0 Å². The van der Waals surface area contributed by atoms with Crippen LogP contribution in [0.4, 0.5) is 0 Å². The maximum Gasteiger partial charge on any atom is 0.344 e. The third kappa shape index (κ3) is 4.58. The van der Waals surface area contributed by atoms with E-state index in [0.717, 1.165) is 25.7 Å². The van der Waals surface area contributed by atoms with Crippen LogP contribution < -0.4 is 10.1 Å². The molecule has 0 saturated carbocycles. The smallest absolute Gasteiger partial charge is 0.344 e. The molecule has 1 aromatic carbocycles. The summed E-state index contributed by atoms with van der Waals surface area (Å²) in [6.07, 6.45) is 3.65. The van der Waals surface area contributed by atoms with Gasteiger partial charge >= 0.3 is 5.97 Å². The zero-order valence-corrected chi connectivity index (χ0v) is 16.5. The molecule has 0 spiro atoms. The molecule has 0 bridgehead atoms. The van der Waals surface area contributed by atoms with Crippen LogP contribution in [0.5, 0.6) is 5.75 Å². The summed E-state index contributed by atoms with van der Waals surface area (Å²) in [4.78, 5) is 49.5. The number of hydrogen-bond donors (Lipinski definition) is 2. The number of aliphatic carboxylic acids is 1. The summed E-state index contributed by atoms with van der Waals surface area (Å²) in [5.74, 6) is -1.82. The first-order valence-corrected chi connectivity index (χ1v) is 10.1. The average molecular weight is 402 g/mol. The second-order valence-electron chi connectivity index (χ2n) is 7.48. The van der Waals surface area contributed by atoms with Crippen LogP contribution in [0.3, 0.4) is 0 Å². The number of rotatable bonds is 9. The fraction of sp³-hybridized carbons (Fsp3) is 0.524. The highest BCUT2D eigenvalue weighted by Gasteiger charge is 2.40. The molecule has 0 aliphatic carbocycles. The zero-order chi connectivity index (χ0) is 21.0. The van der Waals surface area contributed by atoms with Crippen molar-refractivity contribution >= 4 is 23.7 Å². The topological polar surface area (TPSA) is 113 Å². The molecule has 0 radical (unpaired) electrons.